The van der Waals surface area contributed by atoms with E-state index in [9.17, 15) is 9.90 Å². The van der Waals surface area contributed by atoms with Gasteiger partial charge in [-0.25, -0.2) is 0 Å². The van der Waals surface area contributed by atoms with Crippen molar-refractivity contribution >= 4 is 5.97 Å². The fraction of sp³-hybridized carbons (Fsp3) is 0.974. The Labute approximate surface area is 259 Å². The first-order chi connectivity index (χ1) is 19.9. The molecule has 0 rings (SSSR count). The van der Waals surface area contributed by atoms with Gasteiger partial charge in [0, 0.05) is 6.42 Å². The number of hydrogen-bond donors (Lipinski definition) is 2. The predicted octanol–water partition coefficient (Wildman–Crippen LogP) is 13.2. The highest BCUT2D eigenvalue weighted by molar-refractivity contribution is 5.66. The molecule has 0 bridgehead atoms. The molecule has 0 saturated carbocycles. The minimum atomic E-state index is -0.654. The zero-order valence-corrected chi connectivity index (χ0v) is 28.9. The van der Waals surface area contributed by atoms with Gasteiger partial charge in [-0.15, -0.1) is 0 Å². The van der Waals surface area contributed by atoms with Gasteiger partial charge < -0.3 is 10.2 Å². The van der Waals surface area contributed by atoms with Crippen molar-refractivity contribution < 1.29 is 15.0 Å². The molecule has 0 aromatic carbocycles. The highest BCUT2D eigenvalue weighted by atomic mass is 16.4. The molecule has 3 nitrogen and oxygen atoms in total. The second kappa shape index (κ2) is 37.5. The summed E-state index contributed by atoms with van der Waals surface area (Å²) in [5.74, 6) is 0.212. The van der Waals surface area contributed by atoms with E-state index in [2.05, 4.69) is 27.7 Å². The number of rotatable bonds is 32. The summed E-state index contributed by atoms with van der Waals surface area (Å²) in [5.41, 5.74) is 0. The third kappa shape index (κ3) is 44.0. The van der Waals surface area contributed by atoms with Crippen LogP contribution >= 0.6 is 0 Å². The number of hydrogen-bond acceptors (Lipinski definition) is 2. The van der Waals surface area contributed by atoms with Gasteiger partial charge in [-0.1, -0.05) is 201 Å². The van der Waals surface area contributed by atoms with Crippen molar-refractivity contribution in [2.75, 3.05) is 0 Å². The molecule has 1 atom stereocenters. The average Bonchev–Trinajstić information content (AvgIpc) is 2.94. The minimum Gasteiger partial charge on any atom is -0.481 e. The highest BCUT2D eigenvalue weighted by Crippen LogP contribution is 2.16. The van der Waals surface area contributed by atoms with Gasteiger partial charge >= 0.3 is 5.97 Å². The zero-order chi connectivity index (χ0) is 30.7. The maximum atomic E-state index is 10.3. The lowest BCUT2D eigenvalue weighted by Crippen LogP contribution is -2.05. The Balaban J connectivity index is 0. The first kappa shape index (κ1) is 42.6. The van der Waals surface area contributed by atoms with Crippen molar-refractivity contribution in [2.24, 2.45) is 5.92 Å². The normalized spacial score (nSPS) is 12.0. The predicted molar refractivity (Wildman–Crippen MR) is 183 cm³/mol. The van der Waals surface area contributed by atoms with Crippen LogP contribution in [0.5, 0.6) is 0 Å². The molecule has 0 heterocycles. The Morgan fingerprint density at radius 3 is 1.00 bits per heavy atom. The molecular weight excluding hydrogens is 504 g/mol. The largest absolute Gasteiger partial charge is 0.481 e. The summed E-state index contributed by atoms with van der Waals surface area (Å²) in [6.45, 7) is 9.15. The molecule has 0 spiro atoms. The Bertz CT molecular complexity index is 476. The third-order valence-corrected chi connectivity index (χ3v) is 8.45. The van der Waals surface area contributed by atoms with Gasteiger partial charge in [-0.05, 0) is 25.2 Å². The summed E-state index contributed by atoms with van der Waals surface area (Å²) < 4.78 is 0. The van der Waals surface area contributed by atoms with E-state index in [-0.39, 0.29) is 6.10 Å². The lowest BCUT2D eigenvalue weighted by atomic mass is 10.0. The van der Waals surface area contributed by atoms with Crippen LogP contribution in [0.3, 0.4) is 0 Å². The Kier molecular flexibility index (Phi) is 38.9. The first-order valence-electron chi connectivity index (χ1n) is 18.8. The van der Waals surface area contributed by atoms with Crippen LogP contribution in [0.2, 0.25) is 0 Å². The number of carboxylic acid groups (broad SMARTS) is 1. The van der Waals surface area contributed by atoms with Crippen LogP contribution in [0, 0.1) is 5.92 Å². The van der Waals surface area contributed by atoms with Gasteiger partial charge in [0.25, 0.3) is 0 Å². The maximum absolute atomic E-state index is 10.3. The summed E-state index contributed by atoms with van der Waals surface area (Å²) >= 11 is 0. The van der Waals surface area contributed by atoms with Crippen LogP contribution < -0.4 is 0 Å². The summed E-state index contributed by atoms with van der Waals surface area (Å²) in [4.78, 5) is 10.3. The molecule has 0 aliphatic carbocycles. The molecule has 0 radical (unpaired) electrons. The molecule has 0 aromatic heterocycles. The van der Waals surface area contributed by atoms with Crippen molar-refractivity contribution in [3.63, 3.8) is 0 Å². The van der Waals surface area contributed by atoms with E-state index < -0.39 is 5.97 Å². The topological polar surface area (TPSA) is 57.5 Å². The van der Waals surface area contributed by atoms with Crippen LogP contribution in [0.1, 0.15) is 227 Å². The van der Waals surface area contributed by atoms with E-state index in [0.29, 0.717) is 6.42 Å². The average molecular weight is 583 g/mol. The molecule has 0 aliphatic rings. The number of aliphatic hydroxyl groups excluding tert-OH is 1. The molecule has 3 heteroatoms. The molecule has 0 aromatic rings. The van der Waals surface area contributed by atoms with E-state index in [1.807, 2.05) is 0 Å². The van der Waals surface area contributed by atoms with Crippen molar-refractivity contribution in [2.45, 2.75) is 233 Å². The molecular formula is C38H78O3. The summed E-state index contributed by atoms with van der Waals surface area (Å²) in [6.07, 6.45) is 39.7. The maximum Gasteiger partial charge on any atom is 0.303 e. The molecule has 0 saturated heterocycles. The second-order valence-electron chi connectivity index (χ2n) is 13.4. The van der Waals surface area contributed by atoms with Crippen molar-refractivity contribution in [1.29, 1.82) is 0 Å². The highest BCUT2D eigenvalue weighted by Gasteiger charge is 2.03. The summed E-state index contributed by atoms with van der Waals surface area (Å²) in [5, 5.41) is 18.5. The molecule has 1 unspecified atom stereocenters. The van der Waals surface area contributed by atoms with Gasteiger partial charge in [-0.2, -0.15) is 0 Å². The van der Waals surface area contributed by atoms with Crippen molar-refractivity contribution in [3.8, 4) is 0 Å². The lowest BCUT2D eigenvalue weighted by molar-refractivity contribution is -0.137. The minimum absolute atomic E-state index is 0.0271. The molecule has 0 fully saturated rings. The monoisotopic (exact) mass is 583 g/mol. The Morgan fingerprint density at radius 1 is 0.439 bits per heavy atom. The SMILES string of the molecule is CC(C)CCCCCCCCCCCCCCC(=O)O.CCCCCCCCCCCC(O)CCCCCCCC. The van der Waals surface area contributed by atoms with Crippen molar-refractivity contribution in [3.05, 3.63) is 0 Å². The fourth-order valence-electron chi connectivity index (χ4n) is 5.59. The van der Waals surface area contributed by atoms with E-state index in [4.69, 9.17) is 5.11 Å². The lowest BCUT2D eigenvalue weighted by Gasteiger charge is -2.10. The van der Waals surface area contributed by atoms with Gasteiger partial charge in [0.2, 0.25) is 0 Å². The van der Waals surface area contributed by atoms with E-state index in [1.54, 1.807) is 0 Å². The van der Waals surface area contributed by atoms with Crippen LogP contribution in [0.25, 0.3) is 0 Å². The van der Waals surface area contributed by atoms with E-state index in [0.717, 1.165) is 31.6 Å². The number of carbonyl (C=O) groups is 1. The van der Waals surface area contributed by atoms with Crippen LogP contribution in [-0.2, 0) is 4.79 Å². The standard InChI is InChI=1S/C20H42O.C18H36O2/c1-3-5-7-9-11-12-13-15-17-19-20(21)18-16-14-10-8-6-4-2;1-17(2)15-13-11-9-7-5-3-4-6-8-10-12-14-16-18(19)20/h20-21H,3-19H2,1-2H3;17H,3-16H2,1-2H3,(H,19,20). The Morgan fingerprint density at radius 2 is 0.707 bits per heavy atom. The van der Waals surface area contributed by atoms with E-state index >= 15 is 0 Å². The van der Waals surface area contributed by atoms with Crippen molar-refractivity contribution in [1.82, 2.24) is 0 Å². The summed E-state index contributed by atoms with van der Waals surface area (Å²) in [7, 11) is 0. The van der Waals surface area contributed by atoms with E-state index in [1.165, 1.54) is 167 Å². The zero-order valence-electron chi connectivity index (χ0n) is 28.9. The number of carboxylic acids is 1. The third-order valence-electron chi connectivity index (χ3n) is 8.45. The van der Waals surface area contributed by atoms with Gasteiger partial charge in [0.1, 0.15) is 0 Å². The smallest absolute Gasteiger partial charge is 0.303 e. The Hall–Kier alpha value is -0.570. The van der Waals surface area contributed by atoms with Crippen LogP contribution in [0.4, 0.5) is 0 Å². The van der Waals surface area contributed by atoms with Gasteiger partial charge in [0.05, 0.1) is 6.10 Å². The van der Waals surface area contributed by atoms with Crippen LogP contribution in [0.15, 0.2) is 0 Å². The number of unbranched alkanes of at least 4 members (excludes halogenated alkanes) is 24. The molecule has 0 aliphatic heterocycles. The first-order valence-corrected chi connectivity index (χ1v) is 18.8. The quantitative estimate of drug-likeness (QED) is 0.0775. The van der Waals surface area contributed by atoms with Gasteiger partial charge in [0.15, 0.2) is 0 Å². The fourth-order valence-corrected chi connectivity index (χ4v) is 5.59. The molecule has 41 heavy (non-hydrogen) atoms. The molecule has 0 amide bonds. The summed E-state index contributed by atoms with van der Waals surface area (Å²) in [6, 6.07) is 0. The second-order valence-corrected chi connectivity index (χ2v) is 13.4. The molecule has 248 valence electrons. The number of aliphatic carboxylic acids is 1. The van der Waals surface area contributed by atoms with Gasteiger partial charge in [-0.3, -0.25) is 4.79 Å². The number of aliphatic hydroxyl groups is 1. The van der Waals surface area contributed by atoms with Crippen LogP contribution in [-0.4, -0.2) is 22.3 Å². The molecule has 2 N–H and O–H groups in total.